The van der Waals surface area contributed by atoms with Crippen LogP contribution in [0.3, 0.4) is 0 Å². The van der Waals surface area contributed by atoms with Gasteiger partial charge in [0.05, 0.1) is 5.56 Å². The summed E-state index contributed by atoms with van der Waals surface area (Å²) in [6, 6.07) is 11.5. The lowest BCUT2D eigenvalue weighted by atomic mass is 10.2. The van der Waals surface area contributed by atoms with Gasteiger partial charge in [0, 0.05) is 24.0 Å². The largest absolute Gasteiger partial charge is 0.416 e. The summed E-state index contributed by atoms with van der Waals surface area (Å²) in [6.45, 7) is 1.41. The summed E-state index contributed by atoms with van der Waals surface area (Å²) in [7, 11) is 0. The maximum Gasteiger partial charge on any atom is 0.416 e. The van der Waals surface area contributed by atoms with E-state index in [2.05, 4.69) is 25.9 Å². The molecule has 1 amide bonds. The van der Waals surface area contributed by atoms with Gasteiger partial charge in [0.2, 0.25) is 5.91 Å². The molecule has 0 radical (unpaired) electrons. The van der Waals surface area contributed by atoms with Crippen molar-refractivity contribution in [3.63, 3.8) is 0 Å². The van der Waals surface area contributed by atoms with Crippen molar-refractivity contribution in [1.82, 2.24) is 9.97 Å². The van der Waals surface area contributed by atoms with Crippen LogP contribution >= 0.6 is 0 Å². The number of halogens is 3. The minimum absolute atomic E-state index is 0.135. The Balaban J connectivity index is 1.79. The summed E-state index contributed by atoms with van der Waals surface area (Å²) in [5.74, 6) is 0.259. The van der Waals surface area contributed by atoms with E-state index < -0.39 is 11.7 Å². The molecule has 10 heteroatoms. The van der Waals surface area contributed by atoms with Gasteiger partial charge in [-0.2, -0.15) is 13.2 Å². The molecule has 3 aromatic rings. The van der Waals surface area contributed by atoms with Crippen molar-refractivity contribution < 1.29 is 18.0 Å². The van der Waals surface area contributed by atoms with Crippen LogP contribution in [0.5, 0.6) is 0 Å². The van der Waals surface area contributed by atoms with Crippen molar-refractivity contribution in [3.8, 4) is 0 Å². The third-order valence-corrected chi connectivity index (χ3v) is 3.80. The molecule has 0 saturated carbocycles. The third-order valence-electron chi connectivity index (χ3n) is 3.80. The molecule has 0 atom stereocenters. The van der Waals surface area contributed by atoms with Crippen LogP contribution in [0.2, 0.25) is 0 Å². The Labute approximate surface area is 164 Å². The number of alkyl halides is 3. The van der Waals surface area contributed by atoms with E-state index in [4.69, 9.17) is 5.73 Å². The highest BCUT2D eigenvalue weighted by atomic mass is 19.4. The Hall–Kier alpha value is -3.82. The Morgan fingerprint density at radius 3 is 2.10 bits per heavy atom. The lowest BCUT2D eigenvalue weighted by molar-refractivity contribution is -0.137. The summed E-state index contributed by atoms with van der Waals surface area (Å²) in [4.78, 5) is 19.1. The first-order valence-corrected chi connectivity index (χ1v) is 8.42. The molecule has 5 N–H and O–H groups in total. The number of nitrogens with two attached hydrogens (primary N) is 1. The van der Waals surface area contributed by atoms with Gasteiger partial charge in [-0.05, 0) is 42.5 Å². The fourth-order valence-corrected chi connectivity index (χ4v) is 2.48. The van der Waals surface area contributed by atoms with E-state index in [1.165, 1.54) is 25.4 Å². The lowest BCUT2D eigenvalue weighted by Gasteiger charge is -2.14. The molecular weight excluding hydrogens is 385 g/mol. The highest BCUT2D eigenvalue weighted by Crippen LogP contribution is 2.33. The van der Waals surface area contributed by atoms with E-state index in [1.807, 2.05) is 0 Å². The first-order chi connectivity index (χ1) is 13.7. The number of anilines is 6. The molecule has 0 saturated heterocycles. The molecule has 0 unspecified atom stereocenters. The lowest BCUT2D eigenvalue weighted by Crippen LogP contribution is -2.07. The van der Waals surface area contributed by atoms with Crippen molar-refractivity contribution in [1.29, 1.82) is 0 Å². The molecule has 0 aliphatic rings. The number of carbonyl (C=O) groups excluding carboxylic acids is 1. The summed E-state index contributed by atoms with van der Waals surface area (Å²) in [5.41, 5.74) is 6.89. The van der Waals surface area contributed by atoms with E-state index in [1.54, 1.807) is 24.3 Å². The quantitative estimate of drug-likeness (QED) is 0.500. The molecule has 3 rings (SSSR count). The molecule has 29 heavy (non-hydrogen) atoms. The summed E-state index contributed by atoms with van der Waals surface area (Å²) < 4.78 is 38.6. The fourth-order valence-electron chi connectivity index (χ4n) is 2.48. The van der Waals surface area contributed by atoms with E-state index in [9.17, 15) is 18.0 Å². The molecule has 0 fully saturated rings. The van der Waals surface area contributed by atoms with Gasteiger partial charge in [-0.15, -0.1) is 0 Å². The number of nitrogens with one attached hydrogen (secondary N) is 3. The van der Waals surface area contributed by atoms with Crippen LogP contribution in [0.4, 0.5) is 47.6 Å². The highest BCUT2D eigenvalue weighted by Gasteiger charge is 2.30. The van der Waals surface area contributed by atoms with Crippen LogP contribution in [0, 0.1) is 0 Å². The van der Waals surface area contributed by atoms with Gasteiger partial charge in [-0.25, -0.2) is 9.97 Å². The minimum atomic E-state index is -4.45. The number of aromatic nitrogens is 2. The van der Waals surface area contributed by atoms with Crippen molar-refractivity contribution in [2.24, 2.45) is 0 Å². The molecule has 1 aromatic heterocycles. The van der Waals surface area contributed by atoms with Gasteiger partial charge in [0.15, 0.2) is 11.6 Å². The first kappa shape index (κ1) is 19.9. The molecule has 0 bridgehead atoms. The zero-order chi connectivity index (χ0) is 21.0. The molecular formula is C19H17F3N6O. The van der Waals surface area contributed by atoms with Crippen LogP contribution in [-0.4, -0.2) is 15.9 Å². The van der Waals surface area contributed by atoms with Crippen molar-refractivity contribution in [2.45, 2.75) is 13.1 Å². The monoisotopic (exact) mass is 402 g/mol. The highest BCUT2D eigenvalue weighted by molar-refractivity contribution is 5.89. The molecule has 0 aliphatic heterocycles. The number of rotatable bonds is 5. The topological polar surface area (TPSA) is 105 Å². The summed E-state index contributed by atoms with van der Waals surface area (Å²) >= 11 is 0. The van der Waals surface area contributed by atoms with E-state index in [-0.39, 0.29) is 28.9 Å². The molecule has 0 spiro atoms. The summed E-state index contributed by atoms with van der Waals surface area (Å²) in [5, 5.41) is 8.44. The predicted molar refractivity (Wildman–Crippen MR) is 105 cm³/mol. The van der Waals surface area contributed by atoms with Crippen LogP contribution in [-0.2, 0) is 11.0 Å². The zero-order valence-corrected chi connectivity index (χ0v) is 15.2. The Bertz CT molecular complexity index is 1020. The van der Waals surface area contributed by atoms with Crippen LogP contribution < -0.4 is 21.7 Å². The number of benzene rings is 2. The van der Waals surface area contributed by atoms with Crippen molar-refractivity contribution in [3.05, 3.63) is 60.4 Å². The van der Waals surface area contributed by atoms with E-state index >= 15 is 0 Å². The van der Waals surface area contributed by atoms with Gasteiger partial charge in [-0.3, -0.25) is 4.79 Å². The van der Waals surface area contributed by atoms with E-state index in [0.29, 0.717) is 11.4 Å². The van der Waals surface area contributed by atoms with Crippen LogP contribution in [0.1, 0.15) is 12.5 Å². The van der Waals surface area contributed by atoms with Gasteiger partial charge in [0.25, 0.3) is 0 Å². The number of nitrogen functional groups attached to an aromatic ring is 1. The maximum atomic E-state index is 12.9. The number of hydrogen-bond acceptors (Lipinski definition) is 6. The van der Waals surface area contributed by atoms with Crippen molar-refractivity contribution >= 4 is 40.3 Å². The third kappa shape index (κ3) is 5.12. The van der Waals surface area contributed by atoms with Gasteiger partial charge < -0.3 is 21.7 Å². The first-order valence-electron chi connectivity index (χ1n) is 8.42. The minimum Gasteiger partial charge on any atom is -0.393 e. The molecule has 1 heterocycles. The maximum absolute atomic E-state index is 12.9. The molecule has 150 valence electrons. The smallest absolute Gasteiger partial charge is 0.393 e. The zero-order valence-electron chi connectivity index (χ0n) is 15.2. The second-order valence-electron chi connectivity index (χ2n) is 6.07. The van der Waals surface area contributed by atoms with Crippen LogP contribution in [0.15, 0.2) is 54.9 Å². The molecule has 7 nitrogen and oxygen atoms in total. The molecule has 0 aliphatic carbocycles. The second kappa shape index (κ2) is 8.05. The fraction of sp³-hybridized carbons (Fsp3) is 0.105. The average Bonchev–Trinajstić information content (AvgIpc) is 2.66. The van der Waals surface area contributed by atoms with Gasteiger partial charge in [0.1, 0.15) is 12.0 Å². The normalized spacial score (nSPS) is 11.0. The standard InChI is InChI=1S/C19H17F3N6O/c1-11(29)26-13-5-7-14(8-6-13)27-17-16(23)18(25-10-24-17)28-15-4-2-3-12(9-15)19(20,21)22/h2-10H,23H2,1H3,(H,26,29)(H2,24,25,27,28). The number of carbonyl (C=O) groups is 1. The van der Waals surface area contributed by atoms with E-state index in [0.717, 1.165) is 12.1 Å². The van der Waals surface area contributed by atoms with Gasteiger partial charge in [-0.1, -0.05) is 6.07 Å². The number of amides is 1. The summed E-state index contributed by atoms with van der Waals surface area (Å²) in [6.07, 6.45) is -3.22. The number of hydrogen-bond donors (Lipinski definition) is 4. The second-order valence-corrected chi connectivity index (χ2v) is 6.07. The van der Waals surface area contributed by atoms with Crippen molar-refractivity contribution in [2.75, 3.05) is 21.7 Å². The van der Waals surface area contributed by atoms with Gasteiger partial charge >= 0.3 is 6.18 Å². The Kier molecular flexibility index (Phi) is 5.53. The molecule has 2 aromatic carbocycles. The Morgan fingerprint density at radius 1 is 0.931 bits per heavy atom. The average molecular weight is 402 g/mol. The van der Waals surface area contributed by atoms with Crippen LogP contribution in [0.25, 0.3) is 0 Å². The predicted octanol–water partition coefficient (Wildman–Crippen LogP) is 4.52. The SMILES string of the molecule is CC(=O)Nc1ccc(Nc2ncnc(Nc3cccc(C(F)(F)F)c3)c2N)cc1. The number of nitrogens with zero attached hydrogens (tertiary/aromatic N) is 2. The Morgan fingerprint density at radius 2 is 1.52 bits per heavy atom.